The number of likely N-dealkylation sites (tertiary alicyclic amines) is 1. The summed E-state index contributed by atoms with van der Waals surface area (Å²) in [5.74, 6) is -1.36. The van der Waals surface area contributed by atoms with Gasteiger partial charge in [-0.3, -0.25) is 4.79 Å². The highest BCUT2D eigenvalue weighted by Crippen LogP contribution is 2.31. The van der Waals surface area contributed by atoms with Crippen LogP contribution in [0.25, 0.3) is 6.08 Å². The number of aromatic nitrogens is 1. The van der Waals surface area contributed by atoms with Crippen molar-refractivity contribution in [1.29, 1.82) is 0 Å². The molecular weight excluding hydrogens is 354 g/mol. The number of benzene rings is 1. The normalized spacial score (nSPS) is 18.6. The Kier molecular flexibility index (Phi) is 4.31. The van der Waals surface area contributed by atoms with Gasteiger partial charge in [0.2, 0.25) is 5.56 Å². The summed E-state index contributed by atoms with van der Waals surface area (Å²) in [6.45, 7) is 0.877. The molecule has 2 aliphatic heterocycles. The second kappa shape index (κ2) is 6.79. The molecule has 0 radical (unpaired) electrons. The zero-order valence-corrected chi connectivity index (χ0v) is 14.2. The molecule has 2 aliphatic rings. The Balaban J connectivity index is 1.44. The van der Waals surface area contributed by atoms with Gasteiger partial charge in [-0.15, -0.1) is 0 Å². The molecule has 1 aromatic carbocycles. The standard InChI is InChI=1S/C19H16F2N4O2/c20-15-6-14(7-16(21)8-15)17-3-4-23-25(17)19(27)24-10-13(11-24)5-12-1-2-18(26)22-9-12/h1-2,4-9,17H,3,10-11H2,(H,22,26). The van der Waals surface area contributed by atoms with Gasteiger partial charge >= 0.3 is 6.03 Å². The number of urea groups is 1. The number of carbonyl (C=O) groups is 1. The molecule has 3 heterocycles. The van der Waals surface area contributed by atoms with Gasteiger partial charge in [0.15, 0.2) is 0 Å². The smallest absolute Gasteiger partial charge is 0.329 e. The lowest BCUT2D eigenvalue weighted by molar-refractivity contribution is 0.136. The summed E-state index contributed by atoms with van der Waals surface area (Å²) in [7, 11) is 0. The quantitative estimate of drug-likeness (QED) is 0.883. The molecule has 1 unspecified atom stereocenters. The van der Waals surface area contributed by atoms with E-state index in [1.54, 1.807) is 23.4 Å². The number of nitrogens with zero attached hydrogens (tertiary/aromatic N) is 3. The molecular formula is C19H16F2N4O2. The van der Waals surface area contributed by atoms with Crippen molar-refractivity contribution < 1.29 is 13.6 Å². The summed E-state index contributed by atoms with van der Waals surface area (Å²) in [5, 5.41) is 5.36. The van der Waals surface area contributed by atoms with Crippen LogP contribution in [0, 0.1) is 11.6 Å². The number of hydrogen-bond donors (Lipinski definition) is 1. The maximum atomic E-state index is 13.5. The molecule has 2 aromatic rings. The summed E-state index contributed by atoms with van der Waals surface area (Å²) in [6, 6.07) is 5.56. The number of rotatable bonds is 2. The molecule has 0 bridgehead atoms. The minimum atomic E-state index is -0.681. The SMILES string of the molecule is O=C(N1CC(=Cc2ccc(=O)[nH]c2)C1)N1N=CCC1c1cc(F)cc(F)c1. The van der Waals surface area contributed by atoms with Crippen LogP contribution in [-0.2, 0) is 0 Å². The van der Waals surface area contributed by atoms with Gasteiger partial charge in [-0.1, -0.05) is 6.08 Å². The van der Waals surface area contributed by atoms with Gasteiger partial charge < -0.3 is 9.88 Å². The average Bonchev–Trinajstić information content (AvgIpc) is 3.08. The molecule has 1 fully saturated rings. The Morgan fingerprint density at radius 3 is 2.59 bits per heavy atom. The number of aromatic amines is 1. The molecule has 138 valence electrons. The molecule has 8 heteroatoms. The number of halogens is 2. The summed E-state index contributed by atoms with van der Waals surface area (Å²) < 4.78 is 27.0. The van der Waals surface area contributed by atoms with Crippen molar-refractivity contribution in [3.05, 3.63) is 75.2 Å². The lowest BCUT2D eigenvalue weighted by Gasteiger charge is -2.37. The predicted octanol–water partition coefficient (Wildman–Crippen LogP) is 2.90. The highest BCUT2D eigenvalue weighted by atomic mass is 19.1. The van der Waals surface area contributed by atoms with Crippen molar-refractivity contribution in [3.8, 4) is 0 Å². The molecule has 2 amide bonds. The van der Waals surface area contributed by atoms with Gasteiger partial charge in [-0.25, -0.2) is 18.6 Å². The van der Waals surface area contributed by atoms with Crippen molar-refractivity contribution in [2.24, 2.45) is 5.10 Å². The van der Waals surface area contributed by atoms with E-state index in [0.29, 0.717) is 25.1 Å². The molecule has 27 heavy (non-hydrogen) atoms. The summed E-state index contributed by atoms with van der Waals surface area (Å²) >= 11 is 0. The second-order valence-corrected chi connectivity index (χ2v) is 6.52. The largest absolute Gasteiger partial charge is 0.341 e. The third-order valence-corrected chi connectivity index (χ3v) is 4.53. The first kappa shape index (κ1) is 17.1. The minimum Gasteiger partial charge on any atom is -0.329 e. The number of H-pyrrole nitrogens is 1. The molecule has 6 nitrogen and oxygen atoms in total. The lowest BCUT2D eigenvalue weighted by atomic mass is 10.0. The average molecular weight is 370 g/mol. The van der Waals surface area contributed by atoms with Gasteiger partial charge in [0.05, 0.1) is 6.04 Å². The van der Waals surface area contributed by atoms with Crippen LogP contribution in [0.1, 0.15) is 23.6 Å². The predicted molar refractivity (Wildman–Crippen MR) is 96.1 cm³/mol. The van der Waals surface area contributed by atoms with Crippen molar-refractivity contribution in [3.63, 3.8) is 0 Å². The number of hydrogen-bond acceptors (Lipinski definition) is 3. The maximum absolute atomic E-state index is 13.5. The first-order valence-corrected chi connectivity index (χ1v) is 8.44. The van der Waals surface area contributed by atoms with E-state index < -0.39 is 17.7 Å². The Morgan fingerprint density at radius 1 is 1.19 bits per heavy atom. The Hall–Kier alpha value is -3.29. The minimum absolute atomic E-state index is 0.172. The number of amides is 2. The van der Waals surface area contributed by atoms with Crippen LogP contribution in [-0.4, -0.2) is 40.2 Å². The molecule has 1 aromatic heterocycles. The zero-order chi connectivity index (χ0) is 19.0. The fraction of sp³-hybridized carbons (Fsp3) is 0.211. The van der Waals surface area contributed by atoms with Crippen molar-refractivity contribution in [1.82, 2.24) is 14.9 Å². The van der Waals surface area contributed by atoms with Crippen molar-refractivity contribution in [2.75, 3.05) is 13.1 Å². The molecule has 0 spiro atoms. The van der Waals surface area contributed by atoms with Crippen LogP contribution in [0.5, 0.6) is 0 Å². The third-order valence-electron chi connectivity index (χ3n) is 4.53. The van der Waals surface area contributed by atoms with Gasteiger partial charge in [-0.2, -0.15) is 5.10 Å². The number of hydrazone groups is 1. The molecule has 1 saturated heterocycles. The highest BCUT2D eigenvalue weighted by molar-refractivity contribution is 5.80. The van der Waals surface area contributed by atoms with Gasteiger partial charge in [0.25, 0.3) is 0 Å². The van der Waals surface area contributed by atoms with Gasteiger partial charge in [0, 0.05) is 44.1 Å². The Labute approximate surface area is 153 Å². The first-order valence-electron chi connectivity index (χ1n) is 8.44. The van der Waals surface area contributed by atoms with Crippen molar-refractivity contribution >= 4 is 18.3 Å². The molecule has 1 N–H and O–H groups in total. The summed E-state index contributed by atoms with van der Waals surface area (Å²) in [5.41, 5.74) is 2.09. The van der Waals surface area contributed by atoms with E-state index in [0.717, 1.165) is 17.2 Å². The Bertz CT molecular complexity index is 966. The van der Waals surface area contributed by atoms with Crippen molar-refractivity contribution in [2.45, 2.75) is 12.5 Å². The highest BCUT2D eigenvalue weighted by Gasteiger charge is 2.35. The Morgan fingerprint density at radius 2 is 1.93 bits per heavy atom. The first-order chi connectivity index (χ1) is 13.0. The van der Waals surface area contributed by atoms with Gasteiger partial charge in [-0.05, 0) is 34.9 Å². The van der Waals surface area contributed by atoms with Gasteiger partial charge in [0.1, 0.15) is 11.6 Å². The second-order valence-electron chi connectivity index (χ2n) is 6.52. The van der Waals surface area contributed by atoms with Crippen LogP contribution in [0.4, 0.5) is 13.6 Å². The summed E-state index contributed by atoms with van der Waals surface area (Å²) in [6.07, 6.45) is 5.50. The van der Waals surface area contributed by atoms with E-state index in [4.69, 9.17) is 0 Å². The van der Waals surface area contributed by atoms with E-state index in [-0.39, 0.29) is 11.6 Å². The van der Waals surface area contributed by atoms with Crippen LogP contribution in [0.2, 0.25) is 0 Å². The summed E-state index contributed by atoms with van der Waals surface area (Å²) in [4.78, 5) is 28.0. The molecule has 0 aliphatic carbocycles. The molecule has 1 atom stereocenters. The van der Waals surface area contributed by atoms with E-state index in [2.05, 4.69) is 10.1 Å². The van der Waals surface area contributed by atoms with Crippen LogP contribution in [0.15, 0.2) is 52.0 Å². The maximum Gasteiger partial charge on any atom is 0.341 e. The fourth-order valence-corrected chi connectivity index (χ4v) is 3.21. The van der Waals surface area contributed by atoms with E-state index in [9.17, 15) is 18.4 Å². The number of carbonyl (C=O) groups excluding carboxylic acids is 1. The van der Waals surface area contributed by atoms with Crippen LogP contribution in [0.3, 0.4) is 0 Å². The van der Waals surface area contributed by atoms with E-state index in [1.165, 1.54) is 23.2 Å². The fourth-order valence-electron chi connectivity index (χ4n) is 3.21. The third kappa shape index (κ3) is 3.51. The van der Waals surface area contributed by atoms with E-state index >= 15 is 0 Å². The number of pyridine rings is 1. The monoisotopic (exact) mass is 370 g/mol. The molecule has 4 rings (SSSR count). The van der Waals surface area contributed by atoms with E-state index in [1.807, 2.05) is 6.08 Å². The number of nitrogens with one attached hydrogen (secondary N) is 1. The van der Waals surface area contributed by atoms with Crippen LogP contribution < -0.4 is 5.56 Å². The lowest BCUT2D eigenvalue weighted by Crippen LogP contribution is -2.49. The topological polar surface area (TPSA) is 68.8 Å². The zero-order valence-electron chi connectivity index (χ0n) is 14.2. The molecule has 0 saturated carbocycles. The van der Waals surface area contributed by atoms with Crippen LogP contribution >= 0.6 is 0 Å².